The van der Waals surface area contributed by atoms with Gasteiger partial charge >= 0.3 is 0 Å². The second-order valence-corrected chi connectivity index (χ2v) is 9.91. The number of amides is 1. The SMILES string of the molecule is C[C@@H](NC(=O)CN(Cc1c(F)cccc1Cl)S(=O)(=O)c1ccc(Cl)cc1)c1ccccc1. The predicted octanol–water partition coefficient (Wildman–Crippen LogP) is 5.20. The molecule has 0 saturated carbocycles. The average molecular weight is 495 g/mol. The standard InChI is InChI=1S/C23H21Cl2FN2O3S/c1-16(17-6-3-2-4-7-17)27-23(29)15-28(14-20-21(25)8-5-9-22(20)26)32(30,31)19-12-10-18(24)11-13-19/h2-13,16H,14-15H2,1H3,(H,27,29)/t16-/m1/s1. The quantitative estimate of drug-likeness (QED) is 0.467. The molecule has 0 spiro atoms. The summed E-state index contributed by atoms with van der Waals surface area (Å²) in [5.41, 5.74) is 0.848. The summed E-state index contributed by atoms with van der Waals surface area (Å²) in [6.07, 6.45) is 0. The minimum atomic E-state index is -4.16. The number of sulfonamides is 1. The van der Waals surface area contributed by atoms with E-state index in [9.17, 15) is 17.6 Å². The third-order valence-corrected chi connectivity index (χ3v) is 7.26. The molecule has 5 nitrogen and oxygen atoms in total. The Morgan fingerprint density at radius 3 is 2.28 bits per heavy atom. The van der Waals surface area contributed by atoms with E-state index in [2.05, 4.69) is 5.32 Å². The van der Waals surface area contributed by atoms with Crippen LogP contribution < -0.4 is 5.32 Å². The lowest BCUT2D eigenvalue weighted by Gasteiger charge is -2.24. The summed E-state index contributed by atoms with van der Waals surface area (Å²) in [5.74, 6) is -1.20. The number of benzene rings is 3. The van der Waals surface area contributed by atoms with Crippen molar-refractivity contribution >= 4 is 39.1 Å². The van der Waals surface area contributed by atoms with E-state index in [1.165, 1.54) is 42.5 Å². The fraction of sp³-hybridized carbons (Fsp3) is 0.174. The summed E-state index contributed by atoms with van der Waals surface area (Å²) in [5, 5.41) is 3.21. The Morgan fingerprint density at radius 2 is 1.66 bits per heavy atom. The molecule has 0 fully saturated rings. The molecule has 168 valence electrons. The van der Waals surface area contributed by atoms with Gasteiger partial charge in [0.05, 0.1) is 17.5 Å². The molecule has 0 bridgehead atoms. The summed E-state index contributed by atoms with van der Waals surface area (Å²) in [4.78, 5) is 12.7. The number of hydrogen-bond acceptors (Lipinski definition) is 3. The average Bonchev–Trinajstić information content (AvgIpc) is 2.76. The molecular weight excluding hydrogens is 474 g/mol. The van der Waals surface area contributed by atoms with Crippen molar-refractivity contribution < 1.29 is 17.6 Å². The van der Waals surface area contributed by atoms with Crippen molar-refractivity contribution in [1.29, 1.82) is 0 Å². The number of carbonyl (C=O) groups is 1. The van der Waals surface area contributed by atoms with Gasteiger partial charge < -0.3 is 5.32 Å². The lowest BCUT2D eigenvalue weighted by molar-refractivity contribution is -0.122. The van der Waals surface area contributed by atoms with E-state index in [0.29, 0.717) is 5.02 Å². The van der Waals surface area contributed by atoms with E-state index in [0.717, 1.165) is 9.87 Å². The van der Waals surface area contributed by atoms with Gasteiger partial charge in [0.25, 0.3) is 0 Å². The summed E-state index contributed by atoms with van der Waals surface area (Å²) >= 11 is 12.0. The molecule has 0 heterocycles. The molecule has 9 heteroatoms. The van der Waals surface area contributed by atoms with Crippen molar-refractivity contribution in [2.24, 2.45) is 0 Å². The maximum absolute atomic E-state index is 14.4. The highest BCUT2D eigenvalue weighted by Gasteiger charge is 2.29. The van der Waals surface area contributed by atoms with Crippen LogP contribution in [0.1, 0.15) is 24.1 Å². The van der Waals surface area contributed by atoms with Crippen LogP contribution in [0.4, 0.5) is 4.39 Å². The molecule has 1 amide bonds. The van der Waals surface area contributed by atoms with Crippen molar-refractivity contribution in [3.8, 4) is 0 Å². The molecule has 32 heavy (non-hydrogen) atoms. The predicted molar refractivity (Wildman–Crippen MR) is 123 cm³/mol. The minimum absolute atomic E-state index is 0.0180. The lowest BCUT2D eigenvalue weighted by Crippen LogP contribution is -2.41. The van der Waals surface area contributed by atoms with E-state index >= 15 is 0 Å². The normalized spacial score (nSPS) is 12.5. The molecule has 1 atom stereocenters. The largest absolute Gasteiger partial charge is 0.348 e. The molecule has 0 aliphatic heterocycles. The van der Waals surface area contributed by atoms with Crippen molar-refractivity contribution in [1.82, 2.24) is 9.62 Å². The van der Waals surface area contributed by atoms with Gasteiger partial charge in [0.1, 0.15) is 5.82 Å². The lowest BCUT2D eigenvalue weighted by atomic mass is 10.1. The molecule has 0 aromatic heterocycles. The van der Waals surface area contributed by atoms with Crippen LogP contribution >= 0.6 is 23.2 Å². The van der Waals surface area contributed by atoms with E-state index in [-0.39, 0.29) is 21.5 Å². The van der Waals surface area contributed by atoms with E-state index < -0.39 is 34.8 Å². The fourth-order valence-electron chi connectivity index (χ4n) is 3.11. The number of nitrogens with one attached hydrogen (secondary N) is 1. The molecule has 0 saturated heterocycles. The third-order valence-electron chi connectivity index (χ3n) is 4.84. The molecule has 0 radical (unpaired) electrons. The number of rotatable bonds is 8. The van der Waals surface area contributed by atoms with Crippen molar-refractivity contribution in [2.75, 3.05) is 6.54 Å². The first-order valence-electron chi connectivity index (χ1n) is 9.71. The zero-order valence-corrected chi connectivity index (χ0v) is 19.5. The topological polar surface area (TPSA) is 66.5 Å². The van der Waals surface area contributed by atoms with Gasteiger partial charge in [-0.15, -0.1) is 0 Å². The number of carbonyl (C=O) groups excluding carboxylic acids is 1. The highest BCUT2D eigenvalue weighted by molar-refractivity contribution is 7.89. The highest BCUT2D eigenvalue weighted by Crippen LogP contribution is 2.25. The van der Waals surface area contributed by atoms with Gasteiger partial charge in [0.2, 0.25) is 15.9 Å². The van der Waals surface area contributed by atoms with Crippen LogP contribution in [-0.2, 0) is 21.4 Å². The van der Waals surface area contributed by atoms with Crippen LogP contribution in [0.2, 0.25) is 10.0 Å². The Balaban J connectivity index is 1.89. The number of nitrogens with zero attached hydrogens (tertiary/aromatic N) is 1. The van der Waals surface area contributed by atoms with Crippen LogP contribution in [0.5, 0.6) is 0 Å². The van der Waals surface area contributed by atoms with Gasteiger partial charge in [-0.1, -0.05) is 59.6 Å². The van der Waals surface area contributed by atoms with E-state index in [1.807, 2.05) is 30.3 Å². The summed E-state index contributed by atoms with van der Waals surface area (Å²) in [7, 11) is -4.16. The van der Waals surface area contributed by atoms with Gasteiger partial charge in [-0.3, -0.25) is 4.79 Å². The van der Waals surface area contributed by atoms with Crippen LogP contribution in [0.3, 0.4) is 0 Å². The monoisotopic (exact) mass is 494 g/mol. The van der Waals surface area contributed by atoms with Gasteiger partial charge in [-0.05, 0) is 48.9 Å². The first kappa shape index (κ1) is 24.2. The van der Waals surface area contributed by atoms with Crippen LogP contribution in [0.25, 0.3) is 0 Å². The van der Waals surface area contributed by atoms with Gasteiger partial charge in [-0.25, -0.2) is 12.8 Å². The van der Waals surface area contributed by atoms with Gasteiger partial charge in [0, 0.05) is 22.2 Å². The van der Waals surface area contributed by atoms with Crippen molar-refractivity contribution in [2.45, 2.75) is 24.4 Å². The Bertz CT molecular complexity index is 1170. The molecule has 3 rings (SSSR count). The van der Waals surface area contributed by atoms with Crippen LogP contribution in [-0.4, -0.2) is 25.2 Å². The van der Waals surface area contributed by atoms with Crippen LogP contribution in [0, 0.1) is 5.82 Å². The smallest absolute Gasteiger partial charge is 0.243 e. The molecule has 3 aromatic carbocycles. The number of halogens is 3. The zero-order chi connectivity index (χ0) is 23.3. The Labute approximate surface area is 196 Å². The number of hydrogen-bond donors (Lipinski definition) is 1. The third kappa shape index (κ3) is 5.86. The maximum atomic E-state index is 14.4. The van der Waals surface area contributed by atoms with E-state index in [1.54, 1.807) is 6.92 Å². The van der Waals surface area contributed by atoms with Gasteiger partial charge in [0.15, 0.2) is 0 Å². The Morgan fingerprint density at radius 1 is 1.00 bits per heavy atom. The molecule has 1 N–H and O–H groups in total. The summed E-state index contributed by atoms with van der Waals surface area (Å²) in [6, 6.07) is 18.5. The second kappa shape index (κ2) is 10.4. The highest BCUT2D eigenvalue weighted by atomic mass is 35.5. The Hall–Kier alpha value is -2.45. The Kier molecular flexibility index (Phi) is 7.90. The molecular formula is C23H21Cl2FN2O3S. The molecule has 0 aliphatic carbocycles. The summed E-state index contributed by atoms with van der Waals surface area (Å²) < 4.78 is 41.9. The molecule has 0 unspecified atom stereocenters. The van der Waals surface area contributed by atoms with E-state index in [4.69, 9.17) is 23.2 Å². The zero-order valence-electron chi connectivity index (χ0n) is 17.1. The molecule has 0 aliphatic rings. The van der Waals surface area contributed by atoms with Crippen LogP contribution in [0.15, 0.2) is 77.7 Å². The second-order valence-electron chi connectivity index (χ2n) is 7.13. The fourth-order valence-corrected chi connectivity index (χ4v) is 4.83. The maximum Gasteiger partial charge on any atom is 0.243 e. The van der Waals surface area contributed by atoms with Crippen molar-refractivity contribution in [3.05, 3.63) is 99.8 Å². The molecule has 3 aromatic rings. The minimum Gasteiger partial charge on any atom is -0.348 e. The first-order chi connectivity index (χ1) is 15.2. The summed E-state index contributed by atoms with van der Waals surface area (Å²) in [6.45, 7) is 0.857. The van der Waals surface area contributed by atoms with Crippen molar-refractivity contribution in [3.63, 3.8) is 0 Å². The van der Waals surface area contributed by atoms with Gasteiger partial charge in [-0.2, -0.15) is 4.31 Å². The first-order valence-corrected chi connectivity index (χ1v) is 11.9.